The number of phenolic OH excluding ortho intramolecular Hbond substituents is 1. The van der Waals surface area contributed by atoms with Gasteiger partial charge in [-0.15, -0.1) is 0 Å². The predicted molar refractivity (Wildman–Crippen MR) is 68.6 cm³/mol. The van der Waals surface area contributed by atoms with Crippen LogP contribution in [0.1, 0.15) is 11.1 Å². The van der Waals surface area contributed by atoms with Crippen LogP contribution in [0.2, 0.25) is 0 Å². The van der Waals surface area contributed by atoms with E-state index in [9.17, 15) is 10.1 Å². The second kappa shape index (κ2) is 5.31. The molecule has 0 heterocycles. The number of aryl methyl sites for hydroxylation is 2. The second-order valence-corrected chi connectivity index (χ2v) is 4.09. The highest BCUT2D eigenvalue weighted by atomic mass is 16.6. The Morgan fingerprint density at radius 3 is 2.33 bits per heavy atom. The molecule has 0 atom stereocenters. The largest absolute Gasteiger partial charge is 0.508 e. The van der Waals surface area contributed by atoms with E-state index in [1.807, 2.05) is 18.2 Å². The standard InChI is InChI=1S/C14H13NO3/c16-14-8-6-11(7-9-14)4-5-12-2-1-3-13(10-12)15(17)18/h1-3,6-10,16H,4-5H2. The van der Waals surface area contributed by atoms with Crippen molar-refractivity contribution in [3.8, 4) is 5.75 Å². The van der Waals surface area contributed by atoms with E-state index >= 15 is 0 Å². The summed E-state index contributed by atoms with van der Waals surface area (Å²) < 4.78 is 0. The third-order valence-electron chi connectivity index (χ3n) is 2.76. The average molecular weight is 243 g/mol. The summed E-state index contributed by atoms with van der Waals surface area (Å²) in [7, 11) is 0. The van der Waals surface area contributed by atoms with Crippen LogP contribution in [0.5, 0.6) is 5.75 Å². The summed E-state index contributed by atoms with van der Waals surface area (Å²) in [5, 5.41) is 19.8. The lowest BCUT2D eigenvalue weighted by atomic mass is 10.0. The van der Waals surface area contributed by atoms with Gasteiger partial charge in [-0.1, -0.05) is 24.3 Å². The molecule has 0 bridgehead atoms. The van der Waals surface area contributed by atoms with Crippen molar-refractivity contribution in [1.82, 2.24) is 0 Å². The van der Waals surface area contributed by atoms with Gasteiger partial charge in [-0.2, -0.15) is 0 Å². The quantitative estimate of drug-likeness (QED) is 0.663. The Morgan fingerprint density at radius 2 is 1.67 bits per heavy atom. The molecule has 0 saturated heterocycles. The first-order valence-electron chi connectivity index (χ1n) is 5.66. The lowest BCUT2D eigenvalue weighted by Gasteiger charge is -2.02. The summed E-state index contributed by atoms with van der Waals surface area (Å²) in [4.78, 5) is 10.3. The highest BCUT2D eigenvalue weighted by Gasteiger charge is 2.05. The van der Waals surface area contributed by atoms with Gasteiger partial charge >= 0.3 is 0 Å². The molecule has 0 unspecified atom stereocenters. The molecular weight excluding hydrogens is 230 g/mol. The molecule has 0 amide bonds. The van der Waals surface area contributed by atoms with Crippen LogP contribution in [0.25, 0.3) is 0 Å². The summed E-state index contributed by atoms with van der Waals surface area (Å²) in [5.74, 6) is 0.245. The Hall–Kier alpha value is -2.36. The molecule has 0 radical (unpaired) electrons. The van der Waals surface area contributed by atoms with E-state index in [0.29, 0.717) is 0 Å². The molecule has 2 aromatic carbocycles. The molecule has 18 heavy (non-hydrogen) atoms. The van der Waals surface area contributed by atoms with Crippen molar-refractivity contribution in [2.75, 3.05) is 0 Å². The van der Waals surface area contributed by atoms with Gasteiger partial charge in [-0.25, -0.2) is 0 Å². The van der Waals surface area contributed by atoms with Crippen molar-refractivity contribution in [2.24, 2.45) is 0 Å². The van der Waals surface area contributed by atoms with Gasteiger partial charge in [-0.3, -0.25) is 10.1 Å². The molecule has 0 aromatic heterocycles. The maximum Gasteiger partial charge on any atom is 0.269 e. The molecule has 0 fully saturated rings. The molecule has 0 aliphatic carbocycles. The molecule has 4 nitrogen and oxygen atoms in total. The average Bonchev–Trinajstić information content (AvgIpc) is 2.38. The Balaban J connectivity index is 2.04. The van der Waals surface area contributed by atoms with Gasteiger partial charge < -0.3 is 5.11 Å². The van der Waals surface area contributed by atoms with Crippen LogP contribution >= 0.6 is 0 Å². The minimum Gasteiger partial charge on any atom is -0.508 e. The van der Waals surface area contributed by atoms with Crippen molar-refractivity contribution >= 4 is 5.69 Å². The third-order valence-corrected chi connectivity index (χ3v) is 2.76. The van der Waals surface area contributed by atoms with Crippen LogP contribution in [0.4, 0.5) is 5.69 Å². The van der Waals surface area contributed by atoms with Gasteiger partial charge in [0.05, 0.1) is 4.92 Å². The van der Waals surface area contributed by atoms with Crippen LogP contribution in [-0.4, -0.2) is 10.0 Å². The zero-order chi connectivity index (χ0) is 13.0. The minimum absolute atomic E-state index is 0.123. The van der Waals surface area contributed by atoms with Gasteiger partial charge in [0.15, 0.2) is 0 Å². The van der Waals surface area contributed by atoms with Crippen LogP contribution < -0.4 is 0 Å². The Morgan fingerprint density at radius 1 is 1.00 bits per heavy atom. The summed E-state index contributed by atoms with van der Waals surface area (Å²) in [5.41, 5.74) is 2.16. The fourth-order valence-electron chi connectivity index (χ4n) is 1.78. The van der Waals surface area contributed by atoms with Gasteiger partial charge in [0, 0.05) is 12.1 Å². The van der Waals surface area contributed by atoms with E-state index in [0.717, 1.165) is 24.0 Å². The topological polar surface area (TPSA) is 63.4 Å². The SMILES string of the molecule is O=[N+]([O-])c1cccc(CCc2ccc(O)cc2)c1. The number of hydrogen-bond acceptors (Lipinski definition) is 3. The van der Waals surface area contributed by atoms with Crippen LogP contribution in [0, 0.1) is 10.1 Å². The zero-order valence-corrected chi connectivity index (χ0v) is 9.74. The Labute approximate surface area is 105 Å². The van der Waals surface area contributed by atoms with Crippen molar-refractivity contribution in [3.05, 3.63) is 69.8 Å². The van der Waals surface area contributed by atoms with Crippen molar-refractivity contribution in [2.45, 2.75) is 12.8 Å². The van der Waals surface area contributed by atoms with Crippen molar-refractivity contribution in [3.63, 3.8) is 0 Å². The Kier molecular flexibility index (Phi) is 3.57. The highest BCUT2D eigenvalue weighted by Crippen LogP contribution is 2.16. The second-order valence-electron chi connectivity index (χ2n) is 4.09. The Bertz CT molecular complexity index is 549. The number of non-ortho nitro benzene ring substituents is 1. The summed E-state index contributed by atoms with van der Waals surface area (Å²) >= 11 is 0. The molecule has 2 aromatic rings. The van der Waals surface area contributed by atoms with E-state index in [4.69, 9.17) is 5.11 Å². The first-order valence-corrected chi connectivity index (χ1v) is 5.66. The first kappa shape index (κ1) is 12.1. The van der Waals surface area contributed by atoms with Crippen molar-refractivity contribution < 1.29 is 10.0 Å². The van der Waals surface area contributed by atoms with E-state index in [1.165, 1.54) is 6.07 Å². The fraction of sp³-hybridized carbons (Fsp3) is 0.143. The molecule has 2 rings (SSSR count). The molecular formula is C14H13NO3. The summed E-state index contributed by atoms with van der Waals surface area (Å²) in [6.45, 7) is 0. The number of hydrogen-bond donors (Lipinski definition) is 1. The van der Waals surface area contributed by atoms with E-state index < -0.39 is 0 Å². The number of phenols is 1. The molecule has 0 aliphatic heterocycles. The first-order chi connectivity index (χ1) is 8.65. The minimum atomic E-state index is -0.385. The zero-order valence-electron chi connectivity index (χ0n) is 9.74. The maximum absolute atomic E-state index is 10.6. The van der Waals surface area contributed by atoms with E-state index in [-0.39, 0.29) is 16.4 Å². The smallest absolute Gasteiger partial charge is 0.269 e. The number of nitrogens with zero attached hydrogens (tertiary/aromatic N) is 1. The number of benzene rings is 2. The third kappa shape index (κ3) is 3.07. The van der Waals surface area contributed by atoms with Gasteiger partial charge in [0.25, 0.3) is 5.69 Å². The maximum atomic E-state index is 10.6. The molecule has 0 saturated carbocycles. The molecule has 1 N–H and O–H groups in total. The normalized spacial score (nSPS) is 10.2. The summed E-state index contributed by atoms with van der Waals surface area (Å²) in [6, 6.07) is 13.7. The molecule has 92 valence electrons. The van der Waals surface area contributed by atoms with E-state index in [2.05, 4.69) is 0 Å². The highest BCUT2D eigenvalue weighted by molar-refractivity contribution is 5.35. The summed E-state index contributed by atoms with van der Waals surface area (Å²) in [6.07, 6.45) is 1.54. The van der Waals surface area contributed by atoms with Crippen LogP contribution in [0.3, 0.4) is 0 Å². The molecule has 4 heteroatoms. The lowest BCUT2D eigenvalue weighted by Crippen LogP contribution is -1.93. The number of nitro groups is 1. The van der Waals surface area contributed by atoms with E-state index in [1.54, 1.807) is 24.3 Å². The monoisotopic (exact) mass is 243 g/mol. The van der Waals surface area contributed by atoms with Gasteiger partial charge in [0.2, 0.25) is 0 Å². The number of nitro benzene ring substituents is 1. The fourth-order valence-corrected chi connectivity index (χ4v) is 1.78. The van der Waals surface area contributed by atoms with Gasteiger partial charge in [-0.05, 0) is 36.1 Å². The molecule has 0 spiro atoms. The van der Waals surface area contributed by atoms with Crippen LogP contribution in [-0.2, 0) is 12.8 Å². The number of aromatic hydroxyl groups is 1. The van der Waals surface area contributed by atoms with Crippen LogP contribution in [0.15, 0.2) is 48.5 Å². The lowest BCUT2D eigenvalue weighted by molar-refractivity contribution is -0.384. The van der Waals surface area contributed by atoms with Gasteiger partial charge in [0.1, 0.15) is 5.75 Å². The van der Waals surface area contributed by atoms with Crippen molar-refractivity contribution in [1.29, 1.82) is 0 Å². The molecule has 0 aliphatic rings. The number of rotatable bonds is 4. The predicted octanol–water partition coefficient (Wildman–Crippen LogP) is 3.09.